The quantitative estimate of drug-likeness (QED) is 0.671. The first-order chi connectivity index (χ1) is 14.3. The molecule has 1 aliphatic rings. The third kappa shape index (κ3) is 4.00. The third-order valence-corrected chi connectivity index (χ3v) is 4.45. The van der Waals surface area contributed by atoms with Gasteiger partial charge in [0.25, 0.3) is 5.91 Å². The standard InChI is InChI=1S/C21H16F3N5O/c1-12-26-16-8-7-13(14-4-3-9-25-11-14)10-15(16)19(27-12)20(30)29-18-6-2-5-17(28-18)21(22,23)24/h2-12,26H,1H3,(H,28,29,30)/t12-/m1/s1. The number of carbonyl (C=O) groups excluding carboxylic acids is 1. The molecule has 0 saturated heterocycles. The summed E-state index contributed by atoms with van der Waals surface area (Å²) in [5, 5.41) is 5.59. The van der Waals surface area contributed by atoms with Gasteiger partial charge in [-0.3, -0.25) is 14.8 Å². The molecule has 3 heterocycles. The molecule has 0 radical (unpaired) electrons. The Bertz CT molecular complexity index is 1130. The Morgan fingerprint density at radius 1 is 1.10 bits per heavy atom. The van der Waals surface area contributed by atoms with Gasteiger partial charge in [0.15, 0.2) is 0 Å². The van der Waals surface area contributed by atoms with Crippen molar-refractivity contribution in [3.63, 3.8) is 0 Å². The van der Waals surface area contributed by atoms with Gasteiger partial charge in [-0.2, -0.15) is 13.2 Å². The highest BCUT2D eigenvalue weighted by Gasteiger charge is 2.33. The zero-order valence-corrected chi connectivity index (χ0v) is 15.7. The molecule has 1 aliphatic heterocycles. The summed E-state index contributed by atoms with van der Waals surface area (Å²) in [6.45, 7) is 1.77. The van der Waals surface area contributed by atoms with Crippen molar-refractivity contribution in [3.05, 3.63) is 72.2 Å². The Balaban J connectivity index is 1.67. The summed E-state index contributed by atoms with van der Waals surface area (Å²) >= 11 is 0. The van der Waals surface area contributed by atoms with E-state index in [0.29, 0.717) is 11.3 Å². The number of amides is 1. The summed E-state index contributed by atoms with van der Waals surface area (Å²) in [6.07, 6.45) is -1.62. The number of nitrogens with zero attached hydrogens (tertiary/aromatic N) is 3. The van der Waals surface area contributed by atoms with Gasteiger partial charge < -0.3 is 10.6 Å². The van der Waals surface area contributed by atoms with Gasteiger partial charge in [0.05, 0.1) is 0 Å². The van der Waals surface area contributed by atoms with E-state index in [4.69, 9.17) is 0 Å². The average Bonchev–Trinajstić information content (AvgIpc) is 2.73. The Hall–Kier alpha value is -3.75. The lowest BCUT2D eigenvalue weighted by molar-refractivity contribution is -0.141. The van der Waals surface area contributed by atoms with Crippen molar-refractivity contribution < 1.29 is 18.0 Å². The minimum absolute atomic E-state index is 0.112. The van der Waals surface area contributed by atoms with E-state index in [1.807, 2.05) is 18.2 Å². The van der Waals surface area contributed by atoms with Crippen LogP contribution in [0, 0.1) is 0 Å². The first-order valence-corrected chi connectivity index (χ1v) is 9.06. The summed E-state index contributed by atoms with van der Waals surface area (Å²) in [4.78, 5) is 24.8. The summed E-state index contributed by atoms with van der Waals surface area (Å²) in [6, 6.07) is 12.5. The first-order valence-electron chi connectivity index (χ1n) is 9.06. The van der Waals surface area contributed by atoms with Crippen LogP contribution in [0.5, 0.6) is 0 Å². The van der Waals surface area contributed by atoms with Crippen LogP contribution in [0.15, 0.2) is 65.9 Å². The SMILES string of the molecule is C[C@H]1N=C(C(=O)Nc2cccc(C(F)(F)F)n2)c2cc(-c3cccnc3)ccc2N1. The van der Waals surface area contributed by atoms with Crippen LogP contribution in [0.2, 0.25) is 0 Å². The van der Waals surface area contributed by atoms with E-state index in [1.165, 1.54) is 12.1 Å². The van der Waals surface area contributed by atoms with E-state index in [1.54, 1.807) is 31.5 Å². The Labute approximate surface area is 169 Å². The summed E-state index contributed by atoms with van der Waals surface area (Å²) < 4.78 is 38.7. The monoisotopic (exact) mass is 411 g/mol. The number of hydrogen-bond donors (Lipinski definition) is 2. The van der Waals surface area contributed by atoms with Crippen molar-refractivity contribution in [2.24, 2.45) is 4.99 Å². The number of alkyl halides is 3. The van der Waals surface area contributed by atoms with E-state index >= 15 is 0 Å². The predicted octanol–water partition coefficient (Wildman–Crippen LogP) is 4.36. The number of hydrogen-bond acceptors (Lipinski definition) is 5. The van der Waals surface area contributed by atoms with Gasteiger partial charge >= 0.3 is 6.18 Å². The molecule has 4 rings (SSSR count). The Morgan fingerprint density at radius 3 is 2.67 bits per heavy atom. The highest BCUT2D eigenvalue weighted by molar-refractivity contribution is 6.50. The molecule has 0 fully saturated rings. The second-order valence-corrected chi connectivity index (χ2v) is 6.66. The van der Waals surface area contributed by atoms with E-state index < -0.39 is 17.8 Å². The predicted molar refractivity (Wildman–Crippen MR) is 107 cm³/mol. The van der Waals surface area contributed by atoms with Crippen LogP contribution in [0.4, 0.5) is 24.7 Å². The number of benzene rings is 1. The van der Waals surface area contributed by atoms with Crippen LogP contribution in [0.1, 0.15) is 18.2 Å². The third-order valence-electron chi connectivity index (χ3n) is 4.45. The largest absolute Gasteiger partial charge is 0.433 e. The van der Waals surface area contributed by atoms with Crippen molar-refractivity contribution in [3.8, 4) is 11.1 Å². The number of fused-ring (bicyclic) bond motifs is 1. The fourth-order valence-corrected chi connectivity index (χ4v) is 3.12. The molecule has 0 saturated carbocycles. The van der Waals surface area contributed by atoms with Gasteiger partial charge in [-0.1, -0.05) is 18.2 Å². The lowest BCUT2D eigenvalue weighted by Crippen LogP contribution is -2.32. The van der Waals surface area contributed by atoms with Crippen molar-refractivity contribution >= 4 is 23.1 Å². The van der Waals surface area contributed by atoms with Crippen LogP contribution < -0.4 is 10.6 Å². The molecule has 2 aromatic heterocycles. The van der Waals surface area contributed by atoms with E-state index in [2.05, 4.69) is 25.6 Å². The number of pyridine rings is 2. The molecule has 1 atom stereocenters. The van der Waals surface area contributed by atoms with E-state index in [-0.39, 0.29) is 17.7 Å². The molecule has 152 valence electrons. The molecular weight excluding hydrogens is 395 g/mol. The molecule has 0 spiro atoms. The van der Waals surface area contributed by atoms with E-state index in [9.17, 15) is 18.0 Å². The zero-order valence-electron chi connectivity index (χ0n) is 15.7. The van der Waals surface area contributed by atoms with Gasteiger partial charge in [-0.05, 0) is 42.8 Å². The molecule has 0 unspecified atom stereocenters. The van der Waals surface area contributed by atoms with Crippen molar-refractivity contribution in [2.75, 3.05) is 10.6 Å². The number of anilines is 2. The maximum atomic E-state index is 12.9. The van der Waals surface area contributed by atoms with Crippen LogP contribution in [0.25, 0.3) is 11.1 Å². The van der Waals surface area contributed by atoms with Crippen molar-refractivity contribution in [1.82, 2.24) is 9.97 Å². The second-order valence-electron chi connectivity index (χ2n) is 6.66. The fourth-order valence-electron chi connectivity index (χ4n) is 3.12. The number of aromatic nitrogens is 2. The van der Waals surface area contributed by atoms with Crippen LogP contribution in [0.3, 0.4) is 0 Å². The van der Waals surface area contributed by atoms with Gasteiger partial charge in [-0.15, -0.1) is 0 Å². The lowest BCUT2D eigenvalue weighted by atomic mass is 9.98. The van der Waals surface area contributed by atoms with Gasteiger partial charge in [0, 0.05) is 29.2 Å². The van der Waals surface area contributed by atoms with Gasteiger partial charge in [0.2, 0.25) is 0 Å². The summed E-state index contributed by atoms with van der Waals surface area (Å²) in [7, 11) is 0. The Kier molecular flexibility index (Phi) is 4.94. The minimum atomic E-state index is -4.60. The average molecular weight is 411 g/mol. The maximum absolute atomic E-state index is 12.9. The number of rotatable bonds is 3. The Morgan fingerprint density at radius 2 is 1.93 bits per heavy atom. The fraction of sp³-hybridized carbons (Fsp3) is 0.143. The summed E-state index contributed by atoms with van der Waals surface area (Å²) in [5.41, 5.74) is 1.96. The topological polar surface area (TPSA) is 79.3 Å². The van der Waals surface area contributed by atoms with Crippen LogP contribution in [-0.2, 0) is 11.0 Å². The van der Waals surface area contributed by atoms with Gasteiger partial charge in [0.1, 0.15) is 23.4 Å². The molecule has 1 aromatic carbocycles. The molecule has 0 bridgehead atoms. The van der Waals surface area contributed by atoms with Crippen molar-refractivity contribution in [1.29, 1.82) is 0 Å². The van der Waals surface area contributed by atoms with Gasteiger partial charge in [-0.25, -0.2) is 4.98 Å². The first kappa shape index (κ1) is 19.6. The zero-order chi connectivity index (χ0) is 21.3. The molecule has 1 amide bonds. The minimum Gasteiger partial charge on any atom is -0.363 e. The van der Waals surface area contributed by atoms with Crippen molar-refractivity contribution in [2.45, 2.75) is 19.3 Å². The highest BCUT2D eigenvalue weighted by Crippen LogP contribution is 2.30. The molecule has 2 N–H and O–H groups in total. The van der Waals surface area contributed by atoms with Crippen LogP contribution in [-0.4, -0.2) is 27.8 Å². The second kappa shape index (κ2) is 7.58. The highest BCUT2D eigenvalue weighted by atomic mass is 19.4. The molecular formula is C21H16F3N5O. The number of halogens is 3. The summed E-state index contributed by atoms with van der Waals surface area (Å²) in [5.74, 6) is -0.839. The lowest BCUT2D eigenvalue weighted by Gasteiger charge is -2.23. The molecule has 3 aromatic rings. The smallest absolute Gasteiger partial charge is 0.363 e. The van der Waals surface area contributed by atoms with E-state index in [0.717, 1.165) is 17.2 Å². The number of aliphatic imine (C=N–C) groups is 1. The normalized spacial score (nSPS) is 15.6. The molecule has 6 nitrogen and oxygen atoms in total. The van der Waals surface area contributed by atoms with Crippen LogP contribution >= 0.6 is 0 Å². The molecule has 9 heteroatoms. The molecule has 0 aliphatic carbocycles. The maximum Gasteiger partial charge on any atom is 0.433 e. The molecule has 30 heavy (non-hydrogen) atoms. The number of carbonyl (C=O) groups is 1. The number of nitrogens with one attached hydrogen (secondary N) is 2.